The van der Waals surface area contributed by atoms with Crippen LogP contribution in [0.3, 0.4) is 0 Å². The van der Waals surface area contributed by atoms with Gasteiger partial charge in [0.2, 0.25) is 0 Å². The van der Waals surface area contributed by atoms with Crippen molar-refractivity contribution in [3.05, 3.63) is 187 Å². The van der Waals surface area contributed by atoms with Crippen molar-refractivity contribution in [2.75, 3.05) is 0 Å². The second-order valence-electron chi connectivity index (χ2n) is 13.7. The van der Waals surface area contributed by atoms with Crippen molar-refractivity contribution in [1.29, 1.82) is 0 Å². The molecule has 2 heterocycles. The maximum Gasteiger partial charge on any atom is 0.0544 e. The molecule has 0 spiro atoms. The molecular formula is C49H36N2. The number of hydrogen-bond donors (Lipinski definition) is 0. The summed E-state index contributed by atoms with van der Waals surface area (Å²) in [7, 11) is 0. The fraction of sp³-hybridized carbons (Fsp3) is 0.0612. The van der Waals surface area contributed by atoms with E-state index in [-0.39, 0.29) is 0 Å². The van der Waals surface area contributed by atoms with E-state index in [4.69, 9.17) is 0 Å². The smallest absolute Gasteiger partial charge is 0.0544 e. The number of nitrogens with zero attached hydrogens (tertiary/aromatic N) is 2. The lowest BCUT2D eigenvalue weighted by molar-refractivity contribution is 1.04. The van der Waals surface area contributed by atoms with E-state index in [1.165, 1.54) is 93.9 Å². The molecule has 0 bridgehead atoms. The molecule has 10 rings (SSSR count). The zero-order chi connectivity index (χ0) is 33.9. The highest BCUT2D eigenvalue weighted by Crippen LogP contribution is 2.41. The van der Waals surface area contributed by atoms with Crippen LogP contribution >= 0.6 is 0 Å². The number of fused-ring (bicyclic) bond motifs is 6. The third kappa shape index (κ3) is 4.79. The van der Waals surface area contributed by atoms with Gasteiger partial charge in [-0.2, -0.15) is 0 Å². The Kier molecular flexibility index (Phi) is 6.89. The number of hydrogen-bond acceptors (Lipinski definition) is 0. The molecule has 0 saturated heterocycles. The van der Waals surface area contributed by atoms with Gasteiger partial charge in [0, 0.05) is 32.9 Å². The van der Waals surface area contributed by atoms with Crippen LogP contribution < -0.4 is 0 Å². The molecule has 51 heavy (non-hydrogen) atoms. The van der Waals surface area contributed by atoms with E-state index in [0.717, 1.165) is 12.8 Å². The average molecular weight is 653 g/mol. The largest absolute Gasteiger partial charge is 0.309 e. The minimum Gasteiger partial charge on any atom is -0.309 e. The minimum absolute atomic E-state index is 1.10. The van der Waals surface area contributed by atoms with Crippen LogP contribution in [0.25, 0.3) is 82.8 Å². The quantitative estimate of drug-likeness (QED) is 0.175. The highest BCUT2D eigenvalue weighted by molar-refractivity contribution is 6.14. The van der Waals surface area contributed by atoms with E-state index >= 15 is 0 Å². The molecule has 2 aromatic heterocycles. The van der Waals surface area contributed by atoms with Crippen LogP contribution in [0.1, 0.15) is 24.0 Å². The van der Waals surface area contributed by atoms with Gasteiger partial charge in [-0.1, -0.05) is 115 Å². The molecule has 0 atom stereocenters. The van der Waals surface area contributed by atoms with Gasteiger partial charge in [0.1, 0.15) is 0 Å². The first-order valence-electron chi connectivity index (χ1n) is 17.9. The molecule has 2 heteroatoms. The predicted molar refractivity (Wildman–Crippen MR) is 217 cm³/mol. The Labute approximate surface area is 297 Å². The molecule has 0 unspecified atom stereocenters. The Bertz CT molecular complexity index is 2860. The molecule has 0 fully saturated rings. The number of para-hydroxylation sites is 3. The zero-order valence-corrected chi connectivity index (χ0v) is 28.6. The van der Waals surface area contributed by atoms with Gasteiger partial charge in [0.05, 0.1) is 22.1 Å². The summed E-state index contributed by atoms with van der Waals surface area (Å²) in [6.07, 6.45) is 9.12. The Morgan fingerprint density at radius 1 is 0.431 bits per heavy atom. The van der Waals surface area contributed by atoms with E-state index in [0.29, 0.717) is 0 Å². The number of benzene rings is 7. The van der Waals surface area contributed by atoms with E-state index in [1.54, 1.807) is 0 Å². The van der Waals surface area contributed by atoms with E-state index < -0.39 is 0 Å². The predicted octanol–water partition coefficient (Wildman–Crippen LogP) is 13.3. The SMILES string of the molecule is Cc1c(-c2ccc3c(c2)c2ccccc2n3-c2ccccc2)ccc2c1c1ccccc1n2-c1cccc(-c2cccc(C3=CCCC=C3)c2)c1. The van der Waals surface area contributed by atoms with Gasteiger partial charge in [-0.15, -0.1) is 0 Å². The van der Waals surface area contributed by atoms with Gasteiger partial charge >= 0.3 is 0 Å². The first-order valence-corrected chi connectivity index (χ1v) is 17.9. The molecule has 1 aliphatic carbocycles. The molecule has 0 radical (unpaired) electrons. The summed E-state index contributed by atoms with van der Waals surface area (Å²) in [6, 6.07) is 57.9. The van der Waals surface area contributed by atoms with Crippen molar-refractivity contribution in [3.8, 4) is 33.6 Å². The minimum atomic E-state index is 1.10. The first-order chi connectivity index (χ1) is 25.2. The second kappa shape index (κ2) is 11.9. The summed E-state index contributed by atoms with van der Waals surface area (Å²) in [4.78, 5) is 0. The third-order valence-corrected chi connectivity index (χ3v) is 10.7. The highest BCUT2D eigenvalue weighted by atomic mass is 15.0. The average Bonchev–Trinajstić information content (AvgIpc) is 3.72. The molecule has 0 amide bonds. The van der Waals surface area contributed by atoms with Crippen molar-refractivity contribution in [2.45, 2.75) is 19.8 Å². The lowest BCUT2D eigenvalue weighted by Crippen LogP contribution is -1.95. The molecule has 9 aromatic rings. The normalized spacial score (nSPS) is 13.1. The van der Waals surface area contributed by atoms with Crippen molar-refractivity contribution in [2.24, 2.45) is 0 Å². The molecule has 0 saturated carbocycles. The Balaban J connectivity index is 1.12. The summed E-state index contributed by atoms with van der Waals surface area (Å²) in [5.41, 5.74) is 16.1. The van der Waals surface area contributed by atoms with Gasteiger partial charge < -0.3 is 9.13 Å². The summed E-state index contributed by atoms with van der Waals surface area (Å²) in [6.45, 7) is 2.29. The second-order valence-corrected chi connectivity index (χ2v) is 13.7. The van der Waals surface area contributed by atoms with Crippen LogP contribution in [-0.4, -0.2) is 9.13 Å². The summed E-state index contributed by atoms with van der Waals surface area (Å²) in [5, 5.41) is 5.12. The van der Waals surface area contributed by atoms with Crippen molar-refractivity contribution < 1.29 is 0 Å². The Hall–Kier alpha value is -6.38. The maximum absolute atomic E-state index is 2.44. The lowest BCUT2D eigenvalue weighted by Gasteiger charge is -2.13. The first kappa shape index (κ1) is 29.5. The van der Waals surface area contributed by atoms with Gasteiger partial charge in [-0.25, -0.2) is 0 Å². The Morgan fingerprint density at radius 2 is 1.08 bits per heavy atom. The molecule has 0 N–H and O–H groups in total. The summed E-state index contributed by atoms with van der Waals surface area (Å²) < 4.78 is 4.82. The van der Waals surface area contributed by atoms with E-state index in [1.807, 2.05) is 0 Å². The Morgan fingerprint density at radius 3 is 1.90 bits per heavy atom. The van der Waals surface area contributed by atoms with Gasteiger partial charge in [0.15, 0.2) is 0 Å². The van der Waals surface area contributed by atoms with E-state index in [2.05, 4.69) is 192 Å². The molecular weight excluding hydrogens is 617 g/mol. The number of aromatic nitrogens is 2. The van der Waals surface area contributed by atoms with Crippen LogP contribution in [-0.2, 0) is 0 Å². The fourth-order valence-corrected chi connectivity index (χ4v) is 8.35. The lowest BCUT2D eigenvalue weighted by atomic mass is 9.95. The topological polar surface area (TPSA) is 9.86 Å². The number of aryl methyl sites for hydroxylation is 1. The van der Waals surface area contributed by atoms with Crippen molar-refractivity contribution in [3.63, 3.8) is 0 Å². The van der Waals surface area contributed by atoms with Crippen LogP contribution in [0, 0.1) is 6.92 Å². The van der Waals surface area contributed by atoms with Crippen LogP contribution in [0.15, 0.2) is 176 Å². The fourth-order valence-electron chi connectivity index (χ4n) is 8.35. The van der Waals surface area contributed by atoms with Gasteiger partial charge in [-0.05, 0) is 119 Å². The zero-order valence-electron chi connectivity index (χ0n) is 28.6. The highest BCUT2D eigenvalue weighted by Gasteiger charge is 2.19. The molecule has 7 aromatic carbocycles. The maximum atomic E-state index is 2.44. The number of allylic oxidation sites excluding steroid dienone is 4. The molecule has 0 aliphatic heterocycles. The van der Waals surface area contributed by atoms with Crippen LogP contribution in [0.5, 0.6) is 0 Å². The standard InChI is InChI=1S/C49H36N2/c1-33-41(38-26-28-47-44(32-38)42-22-8-10-24-45(42)50(47)39-19-6-3-7-20-39)27-29-48-49(33)43-23-9-11-25-46(43)51(48)40-21-13-18-37(31-40)36-17-12-16-35(30-36)34-14-4-2-5-15-34/h3-4,6-32H,2,5H2,1H3. The molecule has 2 nitrogen and oxygen atoms in total. The van der Waals surface area contributed by atoms with Crippen molar-refractivity contribution >= 4 is 49.2 Å². The van der Waals surface area contributed by atoms with Crippen LogP contribution in [0.4, 0.5) is 0 Å². The monoisotopic (exact) mass is 652 g/mol. The molecule has 1 aliphatic rings. The summed E-state index contributed by atoms with van der Waals surface area (Å²) in [5.74, 6) is 0. The van der Waals surface area contributed by atoms with E-state index in [9.17, 15) is 0 Å². The van der Waals surface area contributed by atoms with Gasteiger partial charge in [-0.3, -0.25) is 0 Å². The van der Waals surface area contributed by atoms with Crippen molar-refractivity contribution in [1.82, 2.24) is 9.13 Å². The third-order valence-electron chi connectivity index (χ3n) is 10.7. The summed E-state index contributed by atoms with van der Waals surface area (Å²) >= 11 is 0. The molecule has 242 valence electrons. The van der Waals surface area contributed by atoms with Gasteiger partial charge in [0.25, 0.3) is 0 Å². The number of rotatable bonds is 5. The van der Waals surface area contributed by atoms with Crippen LogP contribution in [0.2, 0.25) is 0 Å².